The minimum atomic E-state index is -1.02. The highest BCUT2D eigenvalue weighted by molar-refractivity contribution is 5.93. The Hall–Kier alpha value is -2.19. The minimum absolute atomic E-state index is 0.120. The number of ketones is 1. The third-order valence-corrected chi connectivity index (χ3v) is 10.2. The number of hydrogen-bond donors (Lipinski definition) is 3. The van der Waals surface area contributed by atoms with Gasteiger partial charge in [-0.25, -0.2) is 0 Å². The number of fused-ring (bicyclic) bond motifs is 4. The lowest BCUT2D eigenvalue weighted by Gasteiger charge is -2.53. The monoisotopic (exact) mass is 516 g/mol. The standard InChI is InChI=1S/C34H44O4/c1-31(2,3)16-17-34(38)15-14-29-27-12-8-23-18-25(37)11-13-26(23)30(27)28(19-33(29,34)5)22-6-9-24(10-7-22)32(4,20-35)21-36/h6-7,9-10,18,27-29,35-36,38H,8,11-15,19-21H2,1-5H3/t27-,28+,29?,33-,34+/m0/s1. The molecule has 0 saturated heterocycles. The van der Waals surface area contributed by atoms with Gasteiger partial charge in [-0.2, -0.15) is 0 Å². The lowest BCUT2D eigenvalue weighted by molar-refractivity contribution is -0.114. The second-order valence-electron chi connectivity index (χ2n) is 13.9. The van der Waals surface area contributed by atoms with Crippen LogP contribution in [-0.2, 0) is 10.2 Å². The fourth-order valence-corrected chi connectivity index (χ4v) is 7.81. The molecule has 38 heavy (non-hydrogen) atoms. The van der Waals surface area contributed by atoms with E-state index in [4.69, 9.17) is 0 Å². The van der Waals surface area contributed by atoms with E-state index in [0.717, 1.165) is 37.7 Å². The van der Waals surface area contributed by atoms with Gasteiger partial charge < -0.3 is 15.3 Å². The number of benzene rings is 1. The zero-order valence-electron chi connectivity index (χ0n) is 23.7. The van der Waals surface area contributed by atoms with Gasteiger partial charge in [0.15, 0.2) is 5.78 Å². The van der Waals surface area contributed by atoms with E-state index in [1.807, 2.05) is 25.1 Å². The van der Waals surface area contributed by atoms with Crippen molar-refractivity contribution in [3.8, 4) is 11.8 Å². The number of carbonyl (C=O) groups is 1. The Morgan fingerprint density at radius 1 is 1.00 bits per heavy atom. The second kappa shape index (κ2) is 9.47. The predicted octanol–water partition coefficient (Wildman–Crippen LogP) is 5.61. The van der Waals surface area contributed by atoms with Crippen LogP contribution in [0, 0.1) is 34.5 Å². The maximum absolute atomic E-state index is 12.3. The molecule has 0 aromatic heterocycles. The van der Waals surface area contributed by atoms with Gasteiger partial charge in [0.1, 0.15) is 5.60 Å². The first-order valence-corrected chi connectivity index (χ1v) is 14.4. The molecule has 5 rings (SSSR count). The molecule has 0 spiro atoms. The van der Waals surface area contributed by atoms with Gasteiger partial charge in [-0.05, 0) is 99.5 Å². The van der Waals surface area contributed by atoms with Crippen molar-refractivity contribution in [3.05, 3.63) is 58.2 Å². The Morgan fingerprint density at radius 2 is 1.68 bits per heavy atom. The third-order valence-electron chi connectivity index (χ3n) is 10.2. The van der Waals surface area contributed by atoms with Gasteiger partial charge in [0.25, 0.3) is 0 Å². The van der Waals surface area contributed by atoms with Crippen molar-refractivity contribution in [2.24, 2.45) is 22.7 Å². The first-order valence-electron chi connectivity index (χ1n) is 14.4. The summed E-state index contributed by atoms with van der Waals surface area (Å²) in [7, 11) is 0. The molecule has 2 saturated carbocycles. The Kier molecular flexibility index (Phi) is 6.83. The molecule has 3 N–H and O–H groups in total. The molecule has 0 heterocycles. The van der Waals surface area contributed by atoms with Crippen LogP contribution in [0.1, 0.15) is 96.6 Å². The minimum Gasteiger partial charge on any atom is -0.395 e. The molecule has 1 aromatic carbocycles. The molecule has 4 aliphatic rings. The van der Waals surface area contributed by atoms with Gasteiger partial charge in [0, 0.05) is 28.6 Å². The zero-order valence-corrected chi connectivity index (χ0v) is 23.7. The summed E-state index contributed by atoms with van der Waals surface area (Å²) in [6.45, 7) is 10.2. The smallest absolute Gasteiger partial charge is 0.156 e. The third kappa shape index (κ3) is 4.41. The van der Waals surface area contributed by atoms with E-state index < -0.39 is 11.0 Å². The molecular weight excluding hydrogens is 472 g/mol. The average molecular weight is 517 g/mol. The Morgan fingerprint density at radius 3 is 2.32 bits per heavy atom. The lowest BCUT2D eigenvalue weighted by atomic mass is 9.51. The largest absolute Gasteiger partial charge is 0.395 e. The Bertz CT molecular complexity index is 1230. The van der Waals surface area contributed by atoms with Crippen molar-refractivity contribution >= 4 is 5.78 Å². The van der Waals surface area contributed by atoms with Crippen LogP contribution >= 0.6 is 0 Å². The average Bonchev–Trinajstić information content (AvgIpc) is 3.16. The van der Waals surface area contributed by atoms with Crippen LogP contribution in [0.4, 0.5) is 0 Å². The fourth-order valence-electron chi connectivity index (χ4n) is 7.81. The number of hydrogen-bond acceptors (Lipinski definition) is 4. The van der Waals surface area contributed by atoms with Crippen LogP contribution < -0.4 is 0 Å². The first kappa shape index (κ1) is 27.4. The highest BCUT2D eigenvalue weighted by Gasteiger charge is 2.62. The molecule has 0 amide bonds. The molecule has 1 unspecified atom stereocenters. The van der Waals surface area contributed by atoms with Crippen molar-refractivity contribution in [1.29, 1.82) is 0 Å². The number of allylic oxidation sites excluding steroid dienone is 4. The van der Waals surface area contributed by atoms with Gasteiger partial charge >= 0.3 is 0 Å². The normalized spacial score (nSPS) is 33.1. The van der Waals surface area contributed by atoms with Crippen LogP contribution in [0.5, 0.6) is 0 Å². The molecule has 5 atom stereocenters. The van der Waals surface area contributed by atoms with E-state index in [2.05, 4.69) is 51.7 Å². The molecule has 4 heteroatoms. The molecule has 0 aliphatic heterocycles. The zero-order chi connectivity index (χ0) is 27.5. The quantitative estimate of drug-likeness (QED) is 0.455. The van der Waals surface area contributed by atoms with Crippen molar-refractivity contribution in [2.75, 3.05) is 13.2 Å². The second-order valence-corrected chi connectivity index (χ2v) is 13.9. The van der Waals surface area contributed by atoms with Crippen LogP contribution in [-0.4, -0.2) is 39.9 Å². The van der Waals surface area contributed by atoms with Gasteiger partial charge in [0.2, 0.25) is 0 Å². The number of aliphatic hydroxyl groups is 3. The molecule has 0 bridgehead atoms. The summed E-state index contributed by atoms with van der Waals surface area (Å²) >= 11 is 0. The van der Waals surface area contributed by atoms with E-state index in [1.165, 1.54) is 22.3 Å². The highest BCUT2D eigenvalue weighted by Crippen LogP contribution is 2.66. The summed E-state index contributed by atoms with van der Waals surface area (Å²) in [5.41, 5.74) is 4.01. The molecule has 2 fully saturated rings. The van der Waals surface area contributed by atoms with Crippen molar-refractivity contribution in [3.63, 3.8) is 0 Å². The van der Waals surface area contributed by atoms with E-state index in [1.54, 1.807) is 0 Å². The van der Waals surface area contributed by atoms with Gasteiger partial charge in [-0.15, -0.1) is 0 Å². The van der Waals surface area contributed by atoms with Crippen LogP contribution in [0.15, 0.2) is 47.1 Å². The summed E-state index contributed by atoms with van der Waals surface area (Å²) in [6, 6.07) is 8.39. The maximum atomic E-state index is 12.3. The van der Waals surface area contributed by atoms with E-state index in [-0.39, 0.29) is 35.7 Å². The molecule has 1 aromatic rings. The molecule has 4 nitrogen and oxygen atoms in total. The first-order chi connectivity index (χ1) is 17.8. The number of rotatable bonds is 4. The summed E-state index contributed by atoms with van der Waals surface area (Å²) in [4.78, 5) is 12.3. The predicted molar refractivity (Wildman–Crippen MR) is 150 cm³/mol. The topological polar surface area (TPSA) is 77.8 Å². The Labute approximate surface area is 228 Å². The molecule has 4 aliphatic carbocycles. The van der Waals surface area contributed by atoms with Crippen molar-refractivity contribution in [1.82, 2.24) is 0 Å². The maximum Gasteiger partial charge on any atom is 0.156 e. The molecular formula is C34H44O4. The number of aliphatic hydroxyl groups excluding tert-OH is 2. The SMILES string of the molecule is CC(C)(C)C#C[C@]1(O)CCC2[C@@H]3CCC4=CC(=O)CCC4=C3[C@@H](c3ccc(C(C)(CO)CO)cc3)C[C@@]21C. The van der Waals surface area contributed by atoms with Gasteiger partial charge in [-0.3, -0.25) is 4.79 Å². The van der Waals surface area contributed by atoms with E-state index in [0.29, 0.717) is 24.7 Å². The molecule has 204 valence electrons. The molecule has 0 radical (unpaired) electrons. The van der Waals surface area contributed by atoms with Crippen molar-refractivity contribution in [2.45, 2.75) is 96.5 Å². The van der Waals surface area contributed by atoms with Crippen LogP contribution in [0.3, 0.4) is 0 Å². The summed E-state index contributed by atoms with van der Waals surface area (Å²) < 4.78 is 0. The lowest BCUT2D eigenvalue weighted by Crippen LogP contribution is -2.51. The van der Waals surface area contributed by atoms with Gasteiger partial charge in [0.05, 0.1) is 13.2 Å². The summed E-state index contributed by atoms with van der Waals surface area (Å²) in [5, 5.41) is 32.0. The van der Waals surface area contributed by atoms with Crippen LogP contribution in [0.25, 0.3) is 0 Å². The summed E-state index contributed by atoms with van der Waals surface area (Å²) in [6.07, 6.45) is 7.74. The number of carbonyl (C=O) groups excluding carboxylic acids is 1. The van der Waals surface area contributed by atoms with E-state index in [9.17, 15) is 20.1 Å². The van der Waals surface area contributed by atoms with Gasteiger partial charge in [-0.1, -0.05) is 55.5 Å². The summed E-state index contributed by atoms with van der Waals surface area (Å²) in [5.74, 6) is 7.88. The fraction of sp³-hybridized carbons (Fsp3) is 0.618. The highest BCUT2D eigenvalue weighted by atomic mass is 16.3. The van der Waals surface area contributed by atoms with E-state index >= 15 is 0 Å². The van der Waals surface area contributed by atoms with Crippen LogP contribution in [0.2, 0.25) is 0 Å². The van der Waals surface area contributed by atoms with Crippen molar-refractivity contribution < 1.29 is 20.1 Å². The Balaban J connectivity index is 1.64.